The summed E-state index contributed by atoms with van der Waals surface area (Å²) in [5.41, 5.74) is 1.80. The number of nitrogens with zero attached hydrogens (tertiary/aromatic N) is 1. The van der Waals surface area contributed by atoms with Crippen LogP contribution in [0.3, 0.4) is 0 Å². The molecule has 3 aliphatic rings. The smallest absolute Gasteiger partial charge is 0.261 e. The molecule has 1 aliphatic heterocycles. The van der Waals surface area contributed by atoms with Gasteiger partial charge in [-0.25, -0.2) is 0 Å². The van der Waals surface area contributed by atoms with Crippen LogP contribution in [0.15, 0.2) is 18.2 Å². The monoisotopic (exact) mass is 369 g/mol. The lowest BCUT2D eigenvalue weighted by Gasteiger charge is -2.39. The van der Waals surface area contributed by atoms with Gasteiger partial charge in [0.05, 0.1) is 17.7 Å². The molecule has 1 aromatic carbocycles. The van der Waals surface area contributed by atoms with Gasteiger partial charge in [-0.15, -0.1) is 0 Å². The number of carbonyl (C=O) groups excluding carboxylic acids is 3. The predicted octanol–water partition coefficient (Wildman–Crippen LogP) is 2.66. The van der Waals surface area contributed by atoms with Gasteiger partial charge in [-0.1, -0.05) is 20.8 Å². The first-order valence-corrected chi connectivity index (χ1v) is 9.65. The van der Waals surface area contributed by atoms with Gasteiger partial charge in [-0.3, -0.25) is 19.3 Å². The number of nitrogens with one attached hydrogen (secondary N) is 2. The number of rotatable bonds is 4. The van der Waals surface area contributed by atoms with Crippen molar-refractivity contribution in [3.8, 4) is 0 Å². The Labute approximate surface area is 159 Å². The van der Waals surface area contributed by atoms with Crippen LogP contribution in [0.1, 0.15) is 60.7 Å². The first-order valence-electron chi connectivity index (χ1n) is 9.65. The fourth-order valence-electron chi connectivity index (χ4n) is 5.37. The topological polar surface area (TPSA) is 78.5 Å². The lowest BCUT2D eigenvalue weighted by molar-refractivity contribution is -0.115. The van der Waals surface area contributed by atoms with E-state index in [0.717, 1.165) is 17.2 Å². The third-order valence-electron chi connectivity index (χ3n) is 7.68. The molecule has 1 aromatic rings. The van der Waals surface area contributed by atoms with Crippen LogP contribution in [0.25, 0.3) is 0 Å². The molecule has 2 bridgehead atoms. The minimum Gasteiger partial charge on any atom is -0.325 e. The molecule has 4 rings (SSSR count). The number of imide groups is 1. The lowest BCUT2D eigenvalue weighted by atomic mass is 9.69. The van der Waals surface area contributed by atoms with E-state index in [9.17, 15) is 14.4 Å². The first kappa shape index (κ1) is 18.2. The number of amides is 3. The normalized spacial score (nSPS) is 30.7. The molecular weight excluding hydrogens is 342 g/mol. The van der Waals surface area contributed by atoms with E-state index in [-0.39, 0.29) is 29.7 Å². The minimum absolute atomic E-state index is 0.135. The average molecular weight is 369 g/mol. The Morgan fingerprint density at radius 2 is 1.89 bits per heavy atom. The largest absolute Gasteiger partial charge is 0.325 e. The van der Waals surface area contributed by atoms with E-state index in [1.54, 1.807) is 18.2 Å². The molecule has 0 spiro atoms. The Kier molecular flexibility index (Phi) is 3.97. The average Bonchev–Trinajstić information content (AvgIpc) is 3.07. The SMILES string of the molecule is CN1C(=O)c2ccc(NC(=O)CNC3CC4CCC3(C)C4(C)C)cc2C1=O. The molecule has 0 aromatic heterocycles. The van der Waals surface area contributed by atoms with Crippen molar-refractivity contribution < 1.29 is 14.4 Å². The van der Waals surface area contributed by atoms with Gasteiger partial charge >= 0.3 is 0 Å². The van der Waals surface area contributed by atoms with Crippen LogP contribution in [-0.2, 0) is 4.79 Å². The molecular formula is C21H27N3O3. The molecule has 1 heterocycles. The number of benzene rings is 1. The second-order valence-electron chi connectivity index (χ2n) is 9.02. The third kappa shape index (κ3) is 2.53. The van der Waals surface area contributed by atoms with E-state index >= 15 is 0 Å². The molecule has 0 radical (unpaired) electrons. The van der Waals surface area contributed by atoms with Crippen LogP contribution in [0.2, 0.25) is 0 Å². The van der Waals surface area contributed by atoms with E-state index in [2.05, 4.69) is 31.4 Å². The zero-order chi connectivity index (χ0) is 19.6. The fourth-order valence-corrected chi connectivity index (χ4v) is 5.37. The van der Waals surface area contributed by atoms with Gasteiger partial charge in [0.25, 0.3) is 11.8 Å². The maximum Gasteiger partial charge on any atom is 0.261 e. The van der Waals surface area contributed by atoms with Gasteiger partial charge in [0.2, 0.25) is 5.91 Å². The van der Waals surface area contributed by atoms with Crippen molar-refractivity contribution in [3.05, 3.63) is 29.3 Å². The van der Waals surface area contributed by atoms with Crippen molar-refractivity contribution in [1.29, 1.82) is 0 Å². The maximum atomic E-state index is 12.4. The van der Waals surface area contributed by atoms with Crippen molar-refractivity contribution in [2.75, 3.05) is 18.9 Å². The van der Waals surface area contributed by atoms with E-state index in [1.165, 1.54) is 19.9 Å². The summed E-state index contributed by atoms with van der Waals surface area (Å²) < 4.78 is 0. The zero-order valence-corrected chi connectivity index (χ0v) is 16.4. The molecule has 144 valence electrons. The van der Waals surface area contributed by atoms with Crippen molar-refractivity contribution in [2.24, 2.45) is 16.7 Å². The summed E-state index contributed by atoms with van der Waals surface area (Å²) in [4.78, 5) is 37.5. The van der Waals surface area contributed by atoms with Crippen molar-refractivity contribution in [1.82, 2.24) is 10.2 Å². The van der Waals surface area contributed by atoms with Crippen LogP contribution < -0.4 is 10.6 Å². The molecule has 3 atom stereocenters. The number of carbonyl (C=O) groups is 3. The Balaban J connectivity index is 1.39. The third-order valence-corrected chi connectivity index (χ3v) is 7.68. The predicted molar refractivity (Wildman–Crippen MR) is 103 cm³/mol. The second kappa shape index (κ2) is 5.89. The van der Waals surface area contributed by atoms with Gasteiger partial charge < -0.3 is 10.6 Å². The number of hydrogen-bond donors (Lipinski definition) is 2. The van der Waals surface area contributed by atoms with E-state index in [1.807, 2.05) is 0 Å². The first-order chi connectivity index (χ1) is 12.6. The van der Waals surface area contributed by atoms with Crippen LogP contribution in [-0.4, -0.2) is 42.3 Å². The molecule has 2 aliphatic carbocycles. The molecule has 2 saturated carbocycles. The van der Waals surface area contributed by atoms with Crippen molar-refractivity contribution >= 4 is 23.4 Å². The Morgan fingerprint density at radius 3 is 2.52 bits per heavy atom. The summed E-state index contributed by atoms with van der Waals surface area (Å²) in [5.74, 6) is -0.0485. The van der Waals surface area contributed by atoms with E-state index in [0.29, 0.717) is 28.3 Å². The Morgan fingerprint density at radius 1 is 1.19 bits per heavy atom. The van der Waals surface area contributed by atoms with Gasteiger partial charge in [0.1, 0.15) is 0 Å². The molecule has 0 saturated heterocycles. The highest BCUT2D eigenvalue weighted by molar-refractivity contribution is 6.21. The molecule has 2 fully saturated rings. The summed E-state index contributed by atoms with van der Waals surface area (Å²) in [6.45, 7) is 7.29. The van der Waals surface area contributed by atoms with Gasteiger partial charge in [0, 0.05) is 18.8 Å². The summed E-state index contributed by atoms with van der Waals surface area (Å²) in [6.07, 6.45) is 3.61. The van der Waals surface area contributed by atoms with Gasteiger partial charge in [-0.2, -0.15) is 0 Å². The van der Waals surface area contributed by atoms with Crippen LogP contribution in [0, 0.1) is 16.7 Å². The minimum atomic E-state index is -0.332. The molecule has 6 heteroatoms. The molecule has 27 heavy (non-hydrogen) atoms. The summed E-state index contributed by atoms with van der Waals surface area (Å²) >= 11 is 0. The lowest BCUT2D eigenvalue weighted by Crippen LogP contribution is -2.46. The van der Waals surface area contributed by atoms with E-state index < -0.39 is 0 Å². The number of anilines is 1. The standard InChI is InChI=1S/C21H27N3O3/c1-20(2)12-7-8-21(20,3)16(9-12)22-11-17(25)23-13-5-6-14-15(10-13)19(27)24(4)18(14)26/h5-6,10,12,16,22H,7-9,11H2,1-4H3,(H,23,25). The van der Waals surface area contributed by atoms with Gasteiger partial charge in [-0.05, 0) is 54.2 Å². The fraction of sp³-hybridized carbons (Fsp3) is 0.571. The Bertz CT molecular complexity index is 847. The Hall–Kier alpha value is -2.21. The van der Waals surface area contributed by atoms with Gasteiger partial charge in [0.15, 0.2) is 0 Å². The zero-order valence-electron chi connectivity index (χ0n) is 16.4. The highest BCUT2D eigenvalue weighted by atomic mass is 16.2. The molecule has 6 nitrogen and oxygen atoms in total. The highest BCUT2D eigenvalue weighted by Crippen LogP contribution is 2.65. The van der Waals surface area contributed by atoms with Crippen molar-refractivity contribution in [2.45, 2.75) is 46.1 Å². The molecule has 2 N–H and O–H groups in total. The quantitative estimate of drug-likeness (QED) is 0.800. The highest BCUT2D eigenvalue weighted by Gasteiger charge is 2.61. The molecule has 3 amide bonds. The van der Waals surface area contributed by atoms with E-state index in [4.69, 9.17) is 0 Å². The summed E-state index contributed by atoms with van der Waals surface area (Å²) in [7, 11) is 1.46. The van der Waals surface area contributed by atoms with Crippen LogP contribution in [0.5, 0.6) is 0 Å². The number of hydrogen-bond acceptors (Lipinski definition) is 4. The summed E-state index contributed by atoms with van der Waals surface area (Å²) in [5, 5.41) is 6.30. The summed E-state index contributed by atoms with van der Waals surface area (Å²) in [6, 6.07) is 5.20. The van der Waals surface area contributed by atoms with Crippen molar-refractivity contribution in [3.63, 3.8) is 0 Å². The maximum absolute atomic E-state index is 12.4. The van der Waals surface area contributed by atoms with Crippen LogP contribution >= 0.6 is 0 Å². The van der Waals surface area contributed by atoms with Crippen LogP contribution in [0.4, 0.5) is 5.69 Å². The second-order valence-corrected chi connectivity index (χ2v) is 9.02. The molecule has 3 unspecified atom stereocenters. The number of fused-ring (bicyclic) bond motifs is 3.